The van der Waals surface area contributed by atoms with Crippen LogP contribution in [0.5, 0.6) is 0 Å². The van der Waals surface area contributed by atoms with E-state index in [0.717, 1.165) is 64.2 Å². The van der Waals surface area contributed by atoms with Crippen molar-refractivity contribution in [3.05, 3.63) is 36.0 Å². The molecular weight excluding hydrogens is 408 g/mol. The second-order valence-corrected chi connectivity index (χ2v) is 9.31. The Kier molecular flexibility index (Phi) is 6.10. The van der Waals surface area contributed by atoms with Crippen molar-refractivity contribution in [3.63, 3.8) is 0 Å². The van der Waals surface area contributed by atoms with Crippen LogP contribution in [0.2, 0.25) is 0 Å². The van der Waals surface area contributed by atoms with Crippen molar-refractivity contribution >= 4 is 11.9 Å². The Morgan fingerprint density at radius 1 is 1.22 bits per heavy atom. The van der Waals surface area contributed by atoms with Crippen LogP contribution in [-0.4, -0.2) is 71.4 Å². The second-order valence-electron chi connectivity index (χ2n) is 9.31. The molecule has 1 saturated carbocycles. The normalized spacial score (nSPS) is 28.8. The lowest BCUT2D eigenvalue weighted by Crippen LogP contribution is -2.61. The Hall–Kier alpha value is -2.52. The van der Waals surface area contributed by atoms with Crippen molar-refractivity contribution in [3.8, 4) is 0 Å². The van der Waals surface area contributed by atoms with Gasteiger partial charge in [0.15, 0.2) is 5.76 Å². The van der Waals surface area contributed by atoms with Crippen LogP contribution in [-0.2, 0) is 16.1 Å². The molecule has 3 fully saturated rings. The van der Waals surface area contributed by atoms with Crippen LogP contribution >= 0.6 is 0 Å². The number of amides is 1. The highest BCUT2D eigenvalue weighted by Crippen LogP contribution is 2.48. The number of aromatic nitrogens is 3. The number of nitrogens with zero attached hydrogens (tertiary/aromatic N) is 5. The van der Waals surface area contributed by atoms with E-state index < -0.39 is 5.41 Å². The molecular formula is C23H32N6O3. The van der Waals surface area contributed by atoms with Crippen molar-refractivity contribution in [2.45, 2.75) is 45.2 Å². The first-order valence-corrected chi connectivity index (χ1v) is 11.7. The number of rotatable bonds is 5. The molecule has 1 amide bonds. The maximum absolute atomic E-state index is 13.7. The molecule has 2 saturated heterocycles. The van der Waals surface area contributed by atoms with E-state index in [1.165, 1.54) is 0 Å². The van der Waals surface area contributed by atoms with Gasteiger partial charge in [-0.2, -0.15) is 0 Å². The van der Waals surface area contributed by atoms with Crippen molar-refractivity contribution < 1.29 is 14.1 Å². The lowest BCUT2D eigenvalue weighted by molar-refractivity contribution is -0.139. The minimum atomic E-state index is -0.449. The second kappa shape index (κ2) is 9.15. The summed E-state index contributed by atoms with van der Waals surface area (Å²) in [4.78, 5) is 27.4. The van der Waals surface area contributed by atoms with Gasteiger partial charge < -0.3 is 19.5 Å². The van der Waals surface area contributed by atoms with Gasteiger partial charge in [-0.25, -0.2) is 9.97 Å². The van der Waals surface area contributed by atoms with Gasteiger partial charge >= 0.3 is 0 Å². The molecule has 2 aromatic heterocycles. The maximum Gasteiger partial charge on any atom is 0.228 e. The molecule has 2 aliphatic heterocycles. The van der Waals surface area contributed by atoms with E-state index in [1.807, 2.05) is 19.1 Å². The van der Waals surface area contributed by atoms with Crippen LogP contribution in [0, 0.1) is 18.3 Å². The molecule has 0 unspecified atom stereocenters. The molecule has 3 atom stereocenters. The Labute approximate surface area is 188 Å². The van der Waals surface area contributed by atoms with Gasteiger partial charge in [0.25, 0.3) is 0 Å². The van der Waals surface area contributed by atoms with Gasteiger partial charge in [0, 0.05) is 50.7 Å². The minimum Gasteiger partial charge on any atom is -0.379 e. The van der Waals surface area contributed by atoms with Gasteiger partial charge in [0.05, 0.1) is 30.9 Å². The predicted molar refractivity (Wildman–Crippen MR) is 118 cm³/mol. The van der Waals surface area contributed by atoms with Crippen LogP contribution in [0.15, 0.2) is 29.0 Å². The Balaban J connectivity index is 1.35. The summed E-state index contributed by atoms with van der Waals surface area (Å²) in [5.74, 6) is 1.84. The molecule has 9 nitrogen and oxygen atoms in total. The number of aryl methyl sites for hydroxylation is 1. The van der Waals surface area contributed by atoms with Crippen molar-refractivity contribution in [1.29, 1.82) is 0 Å². The SMILES string of the molecule is Cc1cc(CNC(=O)[C@@]23CC[C@H](N4CCOCC4)C[C@H]2CCN(c2ncccn2)C3)on1. The van der Waals surface area contributed by atoms with Crippen LogP contribution in [0.3, 0.4) is 0 Å². The summed E-state index contributed by atoms with van der Waals surface area (Å²) in [5.41, 5.74) is 0.372. The van der Waals surface area contributed by atoms with E-state index in [4.69, 9.17) is 9.26 Å². The van der Waals surface area contributed by atoms with E-state index in [-0.39, 0.29) is 5.91 Å². The molecule has 0 radical (unpaired) electrons. The summed E-state index contributed by atoms with van der Waals surface area (Å²) in [6, 6.07) is 4.22. The van der Waals surface area contributed by atoms with Gasteiger partial charge in [-0.15, -0.1) is 0 Å². The molecule has 0 spiro atoms. The van der Waals surface area contributed by atoms with Gasteiger partial charge in [-0.1, -0.05) is 5.16 Å². The molecule has 1 N–H and O–H groups in total. The van der Waals surface area contributed by atoms with E-state index >= 15 is 0 Å². The molecule has 1 aliphatic carbocycles. The highest BCUT2D eigenvalue weighted by Gasteiger charge is 2.53. The Morgan fingerprint density at radius 2 is 2.03 bits per heavy atom. The van der Waals surface area contributed by atoms with Gasteiger partial charge in [0.2, 0.25) is 11.9 Å². The lowest BCUT2D eigenvalue weighted by atomic mass is 9.61. The number of carbonyl (C=O) groups excluding carboxylic acids is 1. The fourth-order valence-electron chi connectivity index (χ4n) is 5.75. The lowest BCUT2D eigenvalue weighted by Gasteiger charge is -2.53. The molecule has 9 heteroatoms. The highest BCUT2D eigenvalue weighted by molar-refractivity contribution is 5.84. The van der Waals surface area contributed by atoms with E-state index in [2.05, 4.69) is 30.2 Å². The smallest absolute Gasteiger partial charge is 0.228 e. The van der Waals surface area contributed by atoms with Crippen molar-refractivity contribution in [2.24, 2.45) is 11.3 Å². The Morgan fingerprint density at radius 3 is 2.78 bits per heavy atom. The van der Waals surface area contributed by atoms with Crippen LogP contribution < -0.4 is 10.2 Å². The predicted octanol–water partition coefficient (Wildman–Crippen LogP) is 1.79. The fourth-order valence-corrected chi connectivity index (χ4v) is 5.75. The van der Waals surface area contributed by atoms with Gasteiger partial charge in [0.1, 0.15) is 0 Å². The third kappa shape index (κ3) is 4.23. The number of hydrogen-bond donors (Lipinski definition) is 1. The maximum atomic E-state index is 13.7. The number of piperidine rings is 1. The largest absolute Gasteiger partial charge is 0.379 e. The average molecular weight is 441 g/mol. The van der Waals surface area contributed by atoms with Gasteiger partial charge in [-0.3, -0.25) is 9.69 Å². The molecule has 5 rings (SSSR count). The highest BCUT2D eigenvalue weighted by atomic mass is 16.5. The third-order valence-electron chi connectivity index (χ3n) is 7.43. The number of fused-ring (bicyclic) bond motifs is 1. The summed E-state index contributed by atoms with van der Waals surface area (Å²) >= 11 is 0. The number of anilines is 1. The van der Waals surface area contributed by atoms with Crippen molar-refractivity contribution in [1.82, 2.24) is 25.3 Å². The molecule has 3 aliphatic rings. The number of ether oxygens (including phenoxy) is 1. The molecule has 32 heavy (non-hydrogen) atoms. The zero-order valence-electron chi connectivity index (χ0n) is 18.7. The standard InChI is InChI=1S/C23H32N6O3/c1-17-13-20(32-27-17)15-26-21(30)23-5-3-19(28-9-11-31-12-10-28)14-18(23)4-8-29(16-23)22-24-6-2-7-25-22/h2,6-7,13,18-19H,3-5,8-12,14-16H2,1H3,(H,26,30)/t18-,19+,23-/m1/s1. The topological polar surface area (TPSA) is 96.6 Å². The molecule has 2 aromatic rings. The third-order valence-corrected chi connectivity index (χ3v) is 7.43. The van der Waals surface area contributed by atoms with E-state index in [1.54, 1.807) is 12.4 Å². The monoisotopic (exact) mass is 440 g/mol. The van der Waals surface area contributed by atoms with Crippen molar-refractivity contribution in [2.75, 3.05) is 44.3 Å². The summed E-state index contributed by atoms with van der Waals surface area (Å²) in [7, 11) is 0. The number of hydrogen-bond acceptors (Lipinski definition) is 8. The molecule has 172 valence electrons. The number of nitrogens with one attached hydrogen (secondary N) is 1. The van der Waals surface area contributed by atoms with E-state index in [0.29, 0.717) is 36.8 Å². The molecule has 0 aromatic carbocycles. The summed E-state index contributed by atoms with van der Waals surface area (Å²) in [6.45, 7) is 7.37. The molecule has 0 bridgehead atoms. The van der Waals surface area contributed by atoms with Crippen LogP contribution in [0.4, 0.5) is 5.95 Å². The zero-order valence-corrected chi connectivity index (χ0v) is 18.7. The summed E-state index contributed by atoms with van der Waals surface area (Å²) in [5, 5.41) is 7.10. The quantitative estimate of drug-likeness (QED) is 0.752. The van der Waals surface area contributed by atoms with E-state index in [9.17, 15) is 4.79 Å². The summed E-state index contributed by atoms with van der Waals surface area (Å²) < 4.78 is 10.9. The first-order valence-electron chi connectivity index (χ1n) is 11.7. The van der Waals surface area contributed by atoms with Gasteiger partial charge in [-0.05, 0) is 44.6 Å². The summed E-state index contributed by atoms with van der Waals surface area (Å²) in [6.07, 6.45) is 7.44. The average Bonchev–Trinajstić information content (AvgIpc) is 3.28. The van der Waals surface area contributed by atoms with Crippen LogP contribution in [0.25, 0.3) is 0 Å². The fraction of sp³-hybridized carbons (Fsp3) is 0.652. The first kappa shape index (κ1) is 21.3. The molecule has 4 heterocycles. The first-order chi connectivity index (χ1) is 15.6. The Bertz CT molecular complexity index is 915. The number of morpholine rings is 1. The number of carbonyl (C=O) groups is 1. The van der Waals surface area contributed by atoms with Crippen LogP contribution in [0.1, 0.15) is 37.1 Å². The minimum absolute atomic E-state index is 0.109. The zero-order chi connectivity index (χ0) is 22.0.